The molecule has 0 aromatic carbocycles. The smallest absolute Gasteiger partial charge is 0.407 e. The monoisotopic (exact) mass is 353 g/mol. The molecule has 2 N–H and O–H groups in total. The highest BCUT2D eigenvalue weighted by Gasteiger charge is 2.41. The minimum atomic E-state index is -0.537. The van der Waals surface area contributed by atoms with Gasteiger partial charge in [0.05, 0.1) is 12.5 Å². The molecule has 0 aromatic heterocycles. The maximum absolute atomic E-state index is 12.6. The number of hydrogen-bond donors (Lipinski definition) is 2. The number of ether oxygens (including phenoxy) is 1. The van der Waals surface area contributed by atoms with E-state index in [0.29, 0.717) is 13.1 Å². The van der Waals surface area contributed by atoms with Gasteiger partial charge in [0, 0.05) is 19.1 Å². The summed E-state index contributed by atoms with van der Waals surface area (Å²) in [6, 6.07) is -0.412. The summed E-state index contributed by atoms with van der Waals surface area (Å²) >= 11 is 0. The van der Waals surface area contributed by atoms with Crippen LogP contribution in [-0.4, -0.2) is 53.6 Å². The third kappa shape index (κ3) is 5.99. The van der Waals surface area contributed by atoms with E-state index in [4.69, 9.17) is 4.74 Å². The van der Waals surface area contributed by atoms with Crippen molar-refractivity contribution in [2.75, 3.05) is 13.1 Å². The molecule has 1 saturated carbocycles. The van der Waals surface area contributed by atoms with Gasteiger partial charge >= 0.3 is 6.09 Å². The van der Waals surface area contributed by atoms with Crippen LogP contribution < -0.4 is 10.6 Å². The van der Waals surface area contributed by atoms with Crippen LogP contribution in [0.2, 0.25) is 0 Å². The van der Waals surface area contributed by atoms with Gasteiger partial charge < -0.3 is 15.4 Å². The fourth-order valence-corrected chi connectivity index (χ4v) is 3.44. The Kier molecular flexibility index (Phi) is 6.81. The van der Waals surface area contributed by atoms with Crippen molar-refractivity contribution < 1.29 is 19.1 Å². The van der Waals surface area contributed by atoms with Crippen molar-refractivity contribution in [2.45, 2.75) is 83.4 Å². The minimum Gasteiger partial charge on any atom is -0.444 e. The van der Waals surface area contributed by atoms with E-state index in [9.17, 15) is 14.4 Å². The zero-order valence-electron chi connectivity index (χ0n) is 15.6. The molecule has 7 nitrogen and oxygen atoms in total. The van der Waals surface area contributed by atoms with Gasteiger partial charge in [0.25, 0.3) is 0 Å². The summed E-state index contributed by atoms with van der Waals surface area (Å²) in [5.74, 6) is -0.191. The van der Waals surface area contributed by atoms with E-state index in [0.717, 1.165) is 25.7 Å². The van der Waals surface area contributed by atoms with Gasteiger partial charge in [0.15, 0.2) is 0 Å². The molecule has 7 heteroatoms. The molecule has 3 amide bonds. The van der Waals surface area contributed by atoms with Crippen molar-refractivity contribution in [1.29, 1.82) is 0 Å². The highest BCUT2D eigenvalue weighted by atomic mass is 16.6. The first kappa shape index (κ1) is 19.7. The van der Waals surface area contributed by atoms with Crippen molar-refractivity contribution in [2.24, 2.45) is 0 Å². The normalized spacial score (nSPS) is 22.8. The summed E-state index contributed by atoms with van der Waals surface area (Å²) in [4.78, 5) is 37.9. The van der Waals surface area contributed by atoms with Crippen LogP contribution in [0.15, 0.2) is 0 Å². The lowest BCUT2D eigenvalue weighted by molar-refractivity contribution is -0.141. The number of likely N-dealkylation sites (tertiary alicyclic amines) is 1. The third-order valence-corrected chi connectivity index (χ3v) is 4.56. The van der Waals surface area contributed by atoms with E-state index in [1.807, 2.05) is 0 Å². The largest absolute Gasteiger partial charge is 0.444 e. The lowest BCUT2D eigenvalue weighted by Gasteiger charge is -2.25. The van der Waals surface area contributed by atoms with Crippen molar-refractivity contribution in [1.82, 2.24) is 15.5 Å². The molecule has 0 radical (unpaired) electrons. The highest BCUT2D eigenvalue weighted by Crippen LogP contribution is 2.26. The van der Waals surface area contributed by atoms with Crippen LogP contribution in [0.25, 0.3) is 0 Å². The standard InChI is InChI=1S/C18H31N3O4/c1-18(2,3)25-17(24)20-11-10-19-14-12-15(22)21(16(14)23)13-8-6-4-5-7-9-13/h13-14,19H,4-12H2,1-3H3,(H,20,24). The maximum Gasteiger partial charge on any atom is 0.407 e. The first-order valence-electron chi connectivity index (χ1n) is 9.34. The Hall–Kier alpha value is -1.63. The zero-order chi connectivity index (χ0) is 18.4. The lowest BCUT2D eigenvalue weighted by Crippen LogP contribution is -2.45. The Morgan fingerprint density at radius 1 is 1.12 bits per heavy atom. The van der Waals surface area contributed by atoms with Gasteiger partial charge in [-0.1, -0.05) is 25.7 Å². The Morgan fingerprint density at radius 2 is 1.76 bits per heavy atom. The number of carbonyl (C=O) groups is 3. The number of alkyl carbamates (subject to hydrolysis) is 1. The molecule has 1 aliphatic carbocycles. The van der Waals surface area contributed by atoms with Crippen LogP contribution in [0.3, 0.4) is 0 Å². The summed E-state index contributed by atoms with van der Waals surface area (Å²) in [7, 11) is 0. The molecule has 0 spiro atoms. The highest BCUT2D eigenvalue weighted by molar-refractivity contribution is 6.05. The van der Waals surface area contributed by atoms with Crippen LogP contribution >= 0.6 is 0 Å². The molecule has 0 aromatic rings. The van der Waals surface area contributed by atoms with E-state index in [2.05, 4.69) is 10.6 Å². The first-order chi connectivity index (χ1) is 11.8. The molecular weight excluding hydrogens is 322 g/mol. The maximum atomic E-state index is 12.6. The second-order valence-corrected chi connectivity index (χ2v) is 7.89. The average Bonchev–Trinajstić information content (AvgIpc) is 2.69. The van der Waals surface area contributed by atoms with Crippen LogP contribution in [0.4, 0.5) is 4.79 Å². The van der Waals surface area contributed by atoms with Crippen LogP contribution in [0, 0.1) is 0 Å². The molecule has 1 heterocycles. The molecule has 1 unspecified atom stereocenters. The first-order valence-corrected chi connectivity index (χ1v) is 9.34. The predicted molar refractivity (Wildman–Crippen MR) is 94.0 cm³/mol. The van der Waals surface area contributed by atoms with Gasteiger partial charge in [-0.15, -0.1) is 0 Å². The quantitative estimate of drug-likeness (QED) is 0.448. The Labute approximate surface area is 149 Å². The van der Waals surface area contributed by atoms with Gasteiger partial charge in [-0.25, -0.2) is 4.79 Å². The number of imide groups is 1. The fourth-order valence-electron chi connectivity index (χ4n) is 3.44. The fraction of sp³-hybridized carbons (Fsp3) is 0.833. The average molecular weight is 353 g/mol. The predicted octanol–water partition coefficient (Wildman–Crippen LogP) is 1.95. The lowest BCUT2D eigenvalue weighted by atomic mass is 10.1. The van der Waals surface area contributed by atoms with Gasteiger partial charge in [0.2, 0.25) is 11.8 Å². The Balaban J connectivity index is 1.75. The van der Waals surface area contributed by atoms with Crippen LogP contribution in [0.5, 0.6) is 0 Å². The molecule has 1 atom stereocenters. The van der Waals surface area contributed by atoms with Crippen LogP contribution in [-0.2, 0) is 14.3 Å². The number of nitrogens with one attached hydrogen (secondary N) is 2. The molecule has 0 bridgehead atoms. The van der Waals surface area contributed by atoms with Gasteiger partial charge in [-0.3, -0.25) is 14.5 Å². The van der Waals surface area contributed by atoms with E-state index < -0.39 is 17.7 Å². The Morgan fingerprint density at radius 3 is 2.36 bits per heavy atom. The molecule has 1 saturated heterocycles. The minimum absolute atomic E-state index is 0.0641. The number of amides is 3. The zero-order valence-corrected chi connectivity index (χ0v) is 15.6. The summed E-state index contributed by atoms with van der Waals surface area (Å²) in [5, 5.41) is 5.72. The number of nitrogens with zero attached hydrogens (tertiary/aromatic N) is 1. The molecule has 2 fully saturated rings. The topological polar surface area (TPSA) is 87.7 Å². The SMILES string of the molecule is CC(C)(C)OC(=O)NCCNC1CC(=O)N(C2CCCCCC2)C1=O. The number of hydrogen-bond acceptors (Lipinski definition) is 5. The summed E-state index contributed by atoms with van der Waals surface area (Å²) in [5.41, 5.74) is -0.537. The second-order valence-electron chi connectivity index (χ2n) is 7.89. The number of rotatable bonds is 5. The van der Waals surface area contributed by atoms with Crippen molar-refractivity contribution in [3.05, 3.63) is 0 Å². The third-order valence-electron chi connectivity index (χ3n) is 4.56. The summed E-state index contributed by atoms with van der Waals surface area (Å²) < 4.78 is 5.15. The van der Waals surface area contributed by atoms with Crippen molar-refractivity contribution in [3.63, 3.8) is 0 Å². The Bertz CT molecular complexity index is 493. The summed E-state index contributed by atoms with van der Waals surface area (Å²) in [6.07, 6.45) is 6.11. The van der Waals surface area contributed by atoms with Crippen LogP contribution in [0.1, 0.15) is 65.7 Å². The van der Waals surface area contributed by atoms with Gasteiger partial charge in [-0.05, 0) is 33.6 Å². The molecular formula is C18H31N3O4. The van der Waals surface area contributed by atoms with Crippen molar-refractivity contribution in [3.8, 4) is 0 Å². The van der Waals surface area contributed by atoms with Gasteiger partial charge in [0.1, 0.15) is 5.60 Å². The molecule has 1 aliphatic heterocycles. The van der Waals surface area contributed by atoms with E-state index in [1.165, 1.54) is 17.7 Å². The summed E-state index contributed by atoms with van der Waals surface area (Å²) in [6.45, 7) is 6.17. The molecule has 25 heavy (non-hydrogen) atoms. The molecule has 142 valence electrons. The van der Waals surface area contributed by atoms with E-state index in [-0.39, 0.29) is 24.3 Å². The van der Waals surface area contributed by atoms with Gasteiger partial charge in [-0.2, -0.15) is 0 Å². The number of carbonyl (C=O) groups excluding carboxylic acids is 3. The second kappa shape index (κ2) is 8.65. The van der Waals surface area contributed by atoms with E-state index in [1.54, 1.807) is 20.8 Å². The molecule has 2 aliphatic rings. The van der Waals surface area contributed by atoms with Crippen molar-refractivity contribution >= 4 is 17.9 Å². The molecule has 2 rings (SSSR count). The van der Waals surface area contributed by atoms with E-state index >= 15 is 0 Å².